The normalized spacial score (nSPS) is 13.6. The molecule has 0 radical (unpaired) electrons. The van der Waals surface area contributed by atoms with Gasteiger partial charge in [-0.3, -0.25) is 9.29 Å². The molecule has 1 saturated heterocycles. The van der Waals surface area contributed by atoms with E-state index < -0.39 is 10.0 Å². The minimum Gasteiger partial charge on any atom is -0.489 e. The number of para-hydroxylation sites is 1. The molecule has 1 fully saturated rings. The van der Waals surface area contributed by atoms with E-state index in [1.165, 1.54) is 16.6 Å². The second kappa shape index (κ2) is 11.0. The molecule has 0 aliphatic carbocycles. The van der Waals surface area contributed by atoms with Gasteiger partial charge in [0.25, 0.3) is 0 Å². The van der Waals surface area contributed by atoms with Crippen molar-refractivity contribution >= 4 is 27.4 Å². The minimum absolute atomic E-state index is 0.195. The van der Waals surface area contributed by atoms with Gasteiger partial charge in [0.1, 0.15) is 18.7 Å². The van der Waals surface area contributed by atoms with Gasteiger partial charge in [-0.25, -0.2) is 18.2 Å². The number of nitrogens with zero attached hydrogens (tertiary/aromatic N) is 3. The number of benzene rings is 3. The molecule has 38 heavy (non-hydrogen) atoms. The Labute approximate surface area is 222 Å². The van der Waals surface area contributed by atoms with Gasteiger partial charge in [-0.1, -0.05) is 30.3 Å². The van der Waals surface area contributed by atoms with Gasteiger partial charge in [0.15, 0.2) is 0 Å². The smallest absolute Gasteiger partial charge is 0.326 e. The van der Waals surface area contributed by atoms with Gasteiger partial charge in [0, 0.05) is 48.7 Å². The summed E-state index contributed by atoms with van der Waals surface area (Å²) < 4.78 is 32.4. The molecule has 9 nitrogen and oxygen atoms in total. The number of carbonyl (C=O) groups excluding carboxylic acids is 1. The summed E-state index contributed by atoms with van der Waals surface area (Å²) in [5.74, 6) is 1.12. The summed E-state index contributed by atoms with van der Waals surface area (Å²) in [5.41, 5.74) is 4.19. The average molecular weight is 532 g/mol. The Hall–Kier alpha value is -4.31. The molecular weight excluding hydrogens is 502 g/mol. The molecule has 0 spiro atoms. The predicted octanol–water partition coefficient (Wildman–Crippen LogP) is 4.19. The molecule has 2 N–H and O–H groups in total. The van der Waals surface area contributed by atoms with Crippen molar-refractivity contribution in [3.05, 3.63) is 97.0 Å². The Bertz CT molecular complexity index is 1480. The van der Waals surface area contributed by atoms with E-state index in [0.29, 0.717) is 36.2 Å². The molecule has 10 heteroatoms. The number of imidazole rings is 1. The number of amides is 1. The number of anilines is 2. The predicted molar refractivity (Wildman–Crippen MR) is 148 cm³/mol. The van der Waals surface area contributed by atoms with Crippen molar-refractivity contribution in [2.24, 2.45) is 5.92 Å². The summed E-state index contributed by atoms with van der Waals surface area (Å²) in [5, 5.41) is 3.00. The molecule has 5 rings (SSSR count). The average Bonchev–Trinajstić information content (AvgIpc) is 3.38. The van der Waals surface area contributed by atoms with Crippen LogP contribution in [0.4, 0.5) is 16.2 Å². The quantitative estimate of drug-likeness (QED) is 0.336. The molecule has 2 heterocycles. The van der Waals surface area contributed by atoms with Gasteiger partial charge in [-0.05, 0) is 54.1 Å². The summed E-state index contributed by atoms with van der Waals surface area (Å²) in [6, 6.07) is 24.6. The van der Waals surface area contributed by atoms with E-state index in [1.807, 2.05) is 54.6 Å². The molecule has 0 unspecified atom stereocenters. The third-order valence-corrected chi connectivity index (χ3v) is 6.86. The van der Waals surface area contributed by atoms with Crippen LogP contribution in [0.1, 0.15) is 5.56 Å². The highest BCUT2D eigenvalue weighted by Crippen LogP contribution is 2.24. The van der Waals surface area contributed by atoms with Crippen molar-refractivity contribution in [3.8, 4) is 17.0 Å². The molecule has 1 aromatic heterocycles. The third-order valence-electron chi connectivity index (χ3n) is 6.25. The second-order valence-electron chi connectivity index (χ2n) is 9.34. The highest BCUT2D eigenvalue weighted by molar-refractivity contribution is 7.92. The first-order valence-electron chi connectivity index (χ1n) is 12.2. The first-order chi connectivity index (χ1) is 18.3. The topological polar surface area (TPSA) is 106 Å². The SMILES string of the molecule is CS(=O)(=O)Nc1ccc(COc2ccc(-c3cn(C(=O)NCC4CN(c5ccccc5)C4)cn3)cc2)cc1. The number of hydrogen-bond donors (Lipinski definition) is 2. The minimum atomic E-state index is -3.30. The fourth-order valence-corrected chi connectivity index (χ4v) is 4.79. The summed E-state index contributed by atoms with van der Waals surface area (Å²) >= 11 is 0. The summed E-state index contributed by atoms with van der Waals surface area (Å²) in [6.45, 7) is 2.83. The van der Waals surface area contributed by atoms with Crippen molar-refractivity contribution in [1.29, 1.82) is 0 Å². The Morgan fingerprint density at radius 1 is 1.00 bits per heavy atom. The highest BCUT2D eigenvalue weighted by atomic mass is 32.2. The van der Waals surface area contributed by atoms with Crippen LogP contribution in [0.5, 0.6) is 5.75 Å². The molecule has 0 atom stereocenters. The highest BCUT2D eigenvalue weighted by Gasteiger charge is 2.27. The van der Waals surface area contributed by atoms with E-state index in [9.17, 15) is 13.2 Å². The monoisotopic (exact) mass is 531 g/mol. The molecule has 0 bridgehead atoms. The zero-order chi connectivity index (χ0) is 26.5. The maximum absolute atomic E-state index is 12.6. The molecule has 4 aromatic rings. The Morgan fingerprint density at radius 3 is 2.39 bits per heavy atom. The number of rotatable bonds is 9. The van der Waals surface area contributed by atoms with Crippen molar-refractivity contribution in [2.75, 3.05) is 35.5 Å². The van der Waals surface area contributed by atoms with Crippen LogP contribution in [-0.4, -0.2) is 49.9 Å². The molecule has 1 aliphatic heterocycles. The van der Waals surface area contributed by atoms with Crippen LogP contribution < -0.4 is 19.7 Å². The molecule has 3 aromatic carbocycles. The maximum atomic E-state index is 12.6. The maximum Gasteiger partial charge on any atom is 0.326 e. The lowest BCUT2D eigenvalue weighted by atomic mass is 9.99. The van der Waals surface area contributed by atoms with Gasteiger partial charge in [-0.2, -0.15) is 0 Å². The lowest BCUT2D eigenvalue weighted by Gasteiger charge is -2.41. The van der Waals surface area contributed by atoms with Crippen LogP contribution in [0.3, 0.4) is 0 Å². The molecule has 0 saturated carbocycles. The summed E-state index contributed by atoms with van der Waals surface area (Å²) in [4.78, 5) is 19.3. The van der Waals surface area contributed by atoms with Gasteiger partial charge in [-0.15, -0.1) is 0 Å². The van der Waals surface area contributed by atoms with E-state index in [-0.39, 0.29) is 6.03 Å². The van der Waals surface area contributed by atoms with Crippen LogP contribution in [0, 0.1) is 5.92 Å². The van der Waals surface area contributed by atoms with E-state index in [4.69, 9.17) is 4.74 Å². The number of carbonyl (C=O) groups is 1. The Kier molecular flexibility index (Phi) is 7.32. The number of aromatic nitrogens is 2. The molecule has 1 amide bonds. The zero-order valence-corrected chi connectivity index (χ0v) is 21.8. The largest absolute Gasteiger partial charge is 0.489 e. The Morgan fingerprint density at radius 2 is 1.71 bits per heavy atom. The van der Waals surface area contributed by atoms with Crippen LogP contribution in [0.15, 0.2) is 91.4 Å². The van der Waals surface area contributed by atoms with E-state index in [0.717, 1.165) is 30.5 Å². The molecule has 1 aliphatic rings. The van der Waals surface area contributed by atoms with Crippen LogP contribution in [0.25, 0.3) is 11.3 Å². The van der Waals surface area contributed by atoms with E-state index in [1.54, 1.807) is 18.3 Å². The number of sulfonamides is 1. The van der Waals surface area contributed by atoms with E-state index in [2.05, 4.69) is 32.1 Å². The lowest BCUT2D eigenvalue weighted by Crippen LogP contribution is -2.51. The fourth-order valence-electron chi connectivity index (χ4n) is 4.23. The first kappa shape index (κ1) is 25.3. The first-order valence-corrected chi connectivity index (χ1v) is 14.1. The summed E-state index contributed by atoms with van der Waals surface area (Å²) in [6.07, 6.45) is 4.35. The number of ether oxygens (including phenoxy) is 1. The number of nitrogens with one attached hydrogen (secondary N) is 2. The molecular formula is C28H29N5O4S. The zero-order valence-electron chi connectivity index (χ0n) is 20.9. The summed E-state index contributed by atoms with van der Waals surface area (Å²) in [7, 11) is -3.30. The van der Waals surface area contributed by atoms with Crippen LogP contribution in [-0.2, 0) is 16.6 Å². The van der Waals surface area contributed by atoms with Crippen molar-refractivity contribution in [1.82, 2.24) is 14.9 Å². The van der Waals surface area contributed by atoms with E-state index >= 15 is 0 Å². The number of hydrogen-bond acceptors (Lipinski definition) is 6. The second-order valence-corrected chi connectivity index (χ2v) is 11.1. The fraction of sp³-hybridized carbons (Fsp3) is 0.214. The van der Waals surface area contributed by atoms with Gasteiger partial charge < -0.3 is 15.0 Å². The third kappa shape index (κ3) is 6.51. The standard InChI is InChI=1S/C28H29N5O4S/c1-38(35,36)31-24-11-7-21(8-12-24)19-37-26-13-9-23(10-14-26)27-18-33(20-30-27)28(34)29-15-22-16-32(17-22)25-5-3-2-4-6-25/h2-14,18,20,22,31H,15-17,19H2,1H3,(H,29,34). The van der Waals surface area contributed by atoms with Crippen molar-refractivity contribution in [3.63, 3.8) is 0 Å². The molecule has 196 valence electrons. The van der Waals surface area contributed by atoms with Gasteiger partial charge in [0.05, 0.1) is 11.9 Å². The van der Waals surface area contributed by atoms with Crippen LogP contribution in [0.2, 0.25) is 0 Å². The van der Waals surface area contributed by atoms with Crippen LogP contribution >= 0.6 is 0 Å². The lowest BCUT2D eigenvalue weighted by molar-refractivity contribution is 0.238. The van der Waals surface area contributed by atoms with Gasteiger partial charge >= 0.3 is 6.03 Å². The van der Waals surface area contributed by atoms with Gasteiger partial charge in [0.2, 0.25) is 10.0 Å². The van der Waals surface area contributed by atoms with Crippen molar-refractivity contribution < 1.29 is 17.9 Å². The van der Waals surface area contributed by atoms with Crippen molar-refractivity contribution in [2.45, 2.75) is 6.61 Å². The Balaban J connectivity index is 1.08.